The molecule has 4 rings (SSSR count). The number of urea groups is 1. The first-order valence-corrected chi connectivity index (χ1v) is 13.0. The fraction of sp³-hybridized carbons (Fsp3) is 0.640. The van der Waals surface area contributed by atoms with Gasteiger partial charge < -0.3 is 41.1 Å². The lowest BCUT2D eigenvalue weighted by Gasteiger charge is -2.30. The monoisotopic (exact) mass is 499 g/mol. The third-order valence-corrected chi connectivity index (χ3v) is 6.98. The van der Waals surface area contributed by atoms with Crippen LogP contribution in [0, 0.1) is 0 Å². The van der Waals surface area contributed by atoms with Crippen LogP contribution in [0.25, 0.3) is 10.9 Å². The van der Waals surface area contributed by atoms with Crippen LogP contribution >= 0.6 is 0 Å². The number of nitrogens with two attached hydrogens (primary N) is 1. The number of benzene rings is 1. The van der Waals surface area contributed by atoms with E-state index in [0.717, 1.165) is 87.6 Å². The summed E-state index contributed by atoms with van der Waals surface area (Å²) in [4.78, 5) is 29.4. The normalized spacial score (nSPS) is 18.2. The minimum absolute atomic E-state index is 0.296. The summed E-state index contributed by atoms with van der Waals surface area (Å²) in [5.41, 5.74) is 6.87. The lowest BCUT2D eigenvalue weighted by atomic mass is 10.1. The van der Waals surface area contributed by atoms with E-state index in [2.05, 4.69) is 44.7 Å². The van der Waals surface area contributed by atoms with Gasteiger partial charge in [-0.15, -0.1) is 0 Å². The second-order valence-electron chi connectivity index (χ2n) is 9.83. The summed E-state index contributed by atoms with van der Waals surface area (Å²) in [5.74, 6) is 2.10. The minimum Gasteiger partial charge on any atom is -0.495 e. The van der Waals surface area contributed by atoms with E-state index in [1.807, 2.05) is 12.1 Å². The second kappa shape index (κ2) is 12.4. The number of ether oxygens (including phenoxy) is 1. The van der Waals surface area contributed by atoms with Gasteiger partial charge in [0, 0.05) is 37.6 Å². The standard InChI is InChI=1S/C25H41N9O2/c1-32-10-5-11-34(15-14-32)24-29-20-17-21(30-25(35)27-9-4-8-26)22(36-3)16-19(20)23(31-24)28-18-6-12-33(2)13-7-18/h16-18H,4-15,26H2,1-3H3,(H2,27,30,35)(H,28,29,31). The highest BCUT2D eigenvalue weighted by Gasteiger charge is 2.22. The number of nitrogens with one attached hydrogen (secondary N) is 3. The van der Waals surface area contributed by atoms with Gasteiger partial charge >= 0.3 is 6.03 Å². The molecule has 0 aliphatic carbocycles. The molecule has 0 unspecified atom stereocenters. The Kier molecular flexibility index (Phi) is 9.00. The Bertz CT molecular complexity index is 1030. The first kappa shape index (κ1) is 26.2. The summed E-state index contributed by atoms with van der Waals surface area (Å²) >= 11 is 0. The molecule has 1 aromatic carbocycles. The van der Waals surface area contributed by atoms with Gasteiger partial charge in [-0.25, -0.2) is 9.78 Å². The van der Waals surface area contributed by atoms with E-state index in [0.29, 0.717) is 30.6 Å². The second-order valence-corrected chi connectivity index (χ2v) is 9.83. The fourth-order valence-corrected chi connectivity index (χ4v) is 4.72. The summed E-state index contributed by atoms with van der Waals surface area (Å²) in [7, 11) is 5.92. The molecule has 11 nitrogen and oxygen atoms in total. The van der Waals surface area contributed by atoms with E-state index in [9.17, 15) is 4.79 Å². The number of aromatic nitrogens is 2. The molecule has 2 aliphatic heterocycles. The van der Waals surface area contributed by atoms with Crippen LogP contribution in [-0.4, -0.2) is 105 Å². The van der Waals surface area contributed by atoms with Crippen molar-refractivity contribution in [3.63, 3.8) is 0 Å². The van der Waals surface area contributed by atoms with Crippen molar-refractivity contribution in [2.75, 3.05) is 89.1 Å². The van der Waals surface area contributed by atoms with E-state index in [-0.39, 0.29) is 6.03 Å². The maximum atomic E-state index is 12.5. The van der Waals surface area contributed by atoms with Gasteiger partial charge in [0.15, 0.2) is 0 Å². The number of hydrogen-bond acceptors (Lipinski definition) is 9. The Morgan fingerprint density at radius 2 is 1.86 bits per heavy atom. The van der Waals surface area contributed by atoms with Gasteiger partial charge in [-0.1, -0.05) is 0 Å². The highest BCUT2D eigenvalue weighted by atomic mass is 16.5. The molecule has 0 atom stereocenters. The van der Waals surface area contributed by atoms with E-state index in [4.69, 9.17) is 20.4 Å². The maximum absolute atomic E-state index is 12.5. The third kappa shape index (κ3) is 6.65. The van der Waals surface area contributed by atoms with E-state index in [1.54, 1.807) is 7.11 Å². The average molecular weight is 500 g/mol. The van der Waals surface area contributed by atoms with Crippen LogP contribution in [0.5, 0.6) is 5.75 Å². The Morgan fingerprint density at radius 3 is 2.61 bits per heavy atom. The van der Waals surface area contributed by atoms with Gasteiger partial charge in [0.25, 0.3) is 0 Å². The van der Waals surface area contributed by atoms with Crippen molar-refractivity contribution in [1.82, 2.24) is 25.1 Å². The van der Waals surface area contributed by atoms with Crippen molar-refractivity contribution < 1.29 is 9.53 Å². The summed E-state index contributed by atoms with van der Waals surface area (Å²) in [6.07, 6.45) is 3.90. The molecule has 0 spiro atoms. The number of rotatable bonds is 8. The summed E-state index contributed by atoms with van der Waals surface area (Å²) in [5, 5.41) is 10.3. The zero-order chi connectivity index (χ0) is 25.5. The van der Waals surface area contributed by atoms with Crippen molar-refractivity contribution in [3.05, 3.63) is 12.1 Å². The summed E-state index contributed by atoms with van der Waals surface area (Å²) in [6.45, 7) is 6.98. The number of carbonyl (C=O) groups is 1. The van der Waals surface area contributed by atoms with Gasteiger partial charge in [-0.2, -0.15) is 4.98 Å². The predicted octanol–water partition coefficient (Wildman–Crippen LogP) is 1.76. The first-order chi connectivity index (χ1) is 17.5. The van der Waals surface area contributed by atoms with Crippen molar-refractivity contribution >= 4 is 34.4 Å². The number of amides is 2. The fourth-order valence-electron chi connectivity index (χ4n) is 4.72. The zero-order valence-corrected chi connectivity index (χ0v) is 21.8. The molecule has 36 heavy (non-hydrogen) atoms. The highest BCUT2D eigenvalue weighted by Crippen LogP contribution is 2.34. The van der Waals surface area contributed by atoms with Crippen LogP contribution in [0.1, 0.15) is 25.7 Å². The van der Waals surface area contributed by atoms with Gasteiger partial charge in [0.2, 0.25) is 5.95 Å². The van der Waals surface area contributed by atoms with E-state index < -0.39 is 0 Å². The third-order valence-electron chi connectivity index (χ3n) is 6.98. The van der Waals surface area contributed by atoms with Crippen LogP contribution in [0.15, 0.2) is 12.1 Å². The number of likely N-dealkylation sites (N-methyl/N-ethyl adjacent to an activating group) is 1. The molecular formula is C25H41N9O2. The molecule has 1 aromatic heterocycles. The molecule has 0 radical (unpaired) electrons. The average Bonchev–Trinajstić information content (AvgIpc) is 3.09. The Morgan fingerprint density at radius 1 is 1.08 bits per heavy atom. The first-order valence-electron chi connectivity index (χ1n) is 13.0. The van der Waals surface area contributed by atoms with Crippen molar-refractivity contribution in [3.8, 4) is 5.75 Å². The van der Waals surface area contributed by atoms with Gasteiger partial charge in [0.05, 0.1) is 18.3 Å². The molecule has 2 fully saturated rings. The molecule has 2 amide bonds. The van der Waals surface area contributed by atoms with Crippen LogP contribution in [0.2, 0.25) is 0 Å². The van der Waals surface area contributed by atoms with Gasteiger partial charge in [-0.3, -0.25) is 0 Å². The van der Waals surface area contributed by atoms with Crippen molar-refractivity contribution in [1.29, 1.82) is 0 Å². The largest absolute Gasteiger partial charge is 0.495 e. The molecule has 198 valence electrons. The Hall–Kier alpha value is -2.89. The summed E-state index contributed by atoms with van der Waals surface area (Å²) in [6, 6.07) is 3.85. The minimum atomic E-state index is -0.296. The molecule has 2 aliphatic rings. The topological polar surface area (TPSA) is 124 Å². The molecule has 2 saturated heterocycles. The molecule has 0 saturated carbocycles. The molecule has 0 bridgehead atoms. The number of fused-ring (bicyclic) bond motifs is 1. The smallest absolute Gasteiger partial charge is 0.319 e. The highest BCUT2D eigenvalue weighted by molar-refractivity contribution is 5.98. The van der Waals surface area contributed by atoms with Crippen molar-refractivity contribution in [2.24, 2.45) is 5.73 Å². The number of methoxy groups -OCH3 is 1. The quantitative estimate of drug-likeness (QED) is 0.402. The van der Waals surface area contributed by atoms with Crippen LogP contribution in [0.4, 0.5) is 22.2 Å². The number of carbonyl (C=O) groups excluding carboxylic acids is 1. The Labute approximate surface area is 213 Å². The van der Waals surface area contributed by atoms with Gasteiger partial charge in [0.1, 0.15) is 11.6 Å². The molecule has 11 heteroatoms. The number of hydrogen-bond donors (Lipinski definition) is 4. The number of nitrogens with zero attached hydrogens (tertiary/aromatic N) is 5. The van der Waals surface area contributed by atoms with Crippen LogP contribution in [0.3, 0.4) is 0 Å². The summed E-state index contributed by atoms with van der Waals surface area (Å²) < 4.78 is 5.65. The van der Waals surface area contributed by atoms with E-state index in [1.165, 1.54) is 0 Å². The predicted molar refractivity (Wildman–Crippen MR) is 145 cm³/mol. The maximum Gasteiger partial charge on any atom is 0.319 e. The van der Waals surface area contributed by atoms with E-state index >= 15 is 0 Å². The molecule has 3 heterocycles. The lowest BCUT2D eigenvalue weighted by molar-refractivity contribution is 0.252. The van der Waals surface area contributed by atoms with Crippen molar-refractivity contribution in [2.45, 2.75) is 31.7 Å². The molecule has 5 N–H and O–H groups in total. The number of anilines is 3. The molecule has 2 aromatic rings. The SMILES string of the molecule is COc1cc2c(NC3CCN(C)CC3)nc(N3CCCN(C)CC3)nc2cc1NC(=O)NCCCN. The number of likely N-dealkylation sites (tertiary alicyclic amines) is 1. The lowest BCUT2D eigenvalue weighted by Crippen LogP contribution is -2.37. The number of piperidine rings is 1. The zero-order valence-electron chi connectivity index (χ0n) is 21.8. The van der Waals surface area contributed by atoms with Crippen LogP contribution < -0.4 is 31.3 Å². The Balaban J connectivity index is 1.68. The van der Waals surface area contributed by atoms with Crippen LogP contribution in [-0.2, 0) is 0 Å². The van der Waals surface area contributed by atoms with Gasteiger partial charge in [-0.05, 0) is 78.1 Å². The molecular weight excluding hydrogens is 458 g/mol.